The van der Waals surface area contributed by atoms with Gasteiger partial charge in [0.2, 0.25) is 0 Å². The maximum absolute atomic E-state index is 13.9. The van der Waals surface area contributed by atoms with Crippen molar-refractivity contribution in [3.8, 4) is 0 Å². The van der Waals surface area contributed by atoms with E-state index in [4.69, 9.17) is 4.74 Å². The summed E-state index contributed by atoms with van der Waals surface area (Å²) in [6, 6.07) is -0.526. The van der Waals surface area contributed by atoms with Crippen molar-refractivity contribution in [2.75, 3.05) is 14.2 Å². The molecule has 0 aliphatic heterocycles. The molecule has 0 aliphatic carbocycles. The Kier molecular flexibility index (Phi) is 9.95. The lowest BCUT2D eigenvalue weighted by molar-refractivity contribution is -0.151. The summed E-state index contributed by atoms with van der Waals surface area (Å²) < 4.78 is 119. The molecule has 0 heterocycles. The van der Waals surface area contributed by atoms with E-state index in [1.807, 2.05) is 0 Å². The van der Waals surface area contributed by atoms with Crippen molar-refractivity contribution in [1.82, 2.24) is 0 Å². The van der Waals surface area contributed by atoms with Crippen molar-refractivity contribution in [2.45, 2.75) is 54.8 Å². The van der Waals surface area contributed by atoms with Crippen molar-refractivity contribution in [3.63, 3.8) is 0 Å². The van der Waals surface area contributed by atoms with E-state index in [1.165, 1.54) is 13.8 Å². The van der Waals surface area contributed by atoms with Gasteiger partial charge in [0, 0.05) is 24.0 Å². The number of hydrogen-bond acceptors (Lipinski definition) is 8. The van der Waals surface area contributed by atoms with Crippen LogP contribution in [0.25, 0.3) is 0 Å². The molecule has 1 rings (SSSR count). The minimum Gasteiger partial charge on any atom is -0.466 e. The molecule has 212 valence electrons. The van der Waals surface area contributed by atoms with Crippen molar-refractivity contribution < 1.29 is 63.4 Å². The van der Waals surface area contributed by atoms with Crippen LogP contribution in [0.5, 0.6) is 0 Å². The maximum atomic E-state index is 13.9. The molecular formula is C23H24F6O8S. The molecule has 0 amide bonds. The molecule has 1 aromatic rings. The van der Waals surface area contributed by atoms with Crippen LogP contribution in [-0.4, -0.2) is 51.4 Å². The van der Waals surface area contributed by atoms with Crippen molar-refractivity contribution >= 4 is 27.7 Å². The number of benzene rings is 1. The van der Waals surface area contributed by atoms with E-state index in [1.54, 1.807) is 0 Å². The monoisotopic (exact) mass is 574 g/mol. The van der Waals surface area contributed by atoms with Crippen LogP contribution in [0.4, 0.5) is 26.3 Å². The van der Waals surface area contributed by atoms with Crippen molar-refractivity contribution in [2.24, 2.45) is 0 Å². The van der Waals surface area contributed by atoms with Gasteiger partial charge >= 0.3 is 30.3 Å². The molecule has 0 N–H and O–H groups in total. The number of rotatable bonds is 10. The van der Waals surface area contributed by atoms with Gasteiger partial charge in [-0.1, -0.05) is 13.2 Å². The third-order valence-corrected chi connectivity index (χ3v) is 7.39. The number of hydrogen-bond donors (Lipinski definition) is 0. The standard InChI is InChI=1S/C23H24F6O8S/c1-12(2)37-20(32)21(10-13(3)18(30)35-5,11-14(4)19(31)36-6)38(33,34)17-8-15(22(24,25)26)7-16(9-17)23(27,28)29/h7-9,12H,3-4,10-11H2,1-2,5-6H3. The Morgan fingerprint density at radius 1 is 0.816 bits per heavy atom. The molecular weight excluding hydrogens is 550 g/mol. The first-order valence-corrected chi connectivity index (χ1v) is 11.9. The van der Waals surface area contributed by atoms with Gasteiger partial charge in [0.15, 0.2) is 14.6 Å². The fourth-order valence-corrected chi connectivity index (χ4v) is 5.27. The molecule has 0 saturated carbocycles. The highest BCUT2D eigenvalue weighted by Crippen LogP contribution is 2.43. The first-order valence-electron chi connectivity index (χ1n) is 10.4. The van der Waals surface area contributed by atoms with Crippen LogP contribution < -0.4 is 0 Å². The highest BCUT2D eigenvalue weighted by molar-refractivity contribution is 7.93. The lowest BCUT2D eigenvalue weighted by Crippen LogP contribution is -2.50. The lowest BCUT2D eigenvalue weighted by Gasteiger charge is -2.33. The third kappa shape index (κ3) is 7.14. The summed E-state index contributed by atoms with van der Waals surface area (Å²) in [6.07, 6.45) is -14.4. The molecule has 15 heteroatoms. The minimum absolute atomic E-state index is 0.107. The van der Waals surface area contributed by atoms with E-state index in [9.17, 15) is 49.1 Å². The summed E-state index contributed by atoms with van der Waals surface area (Å²) >= 11 is 0. The van der Waals surface area contributed by atoms with Gasteiger partial charge in [0.05, 0.1) is 36.3 Å². The number of halogens is 6. The largest absolute Gasteiger partial charge is 0.466 e. The number of sulfone groups is 1. The minimum atomic E-state index is -5.66. The average molecular weight is 574 g/mol. The van der Waals surface area contributed by atoms with Crippen LogP contribution >= 0.6 is 0 Å². The predicted octanol–water partition coefficient (Wildman–Crippen LogP) is 4.43. The molecule has 0 spiro atoms. The fraction of sp³-hybridized carbons (Fsp3) is 0.435. The fourth-order valence-electron chi connectivity index (χ4n) is 3.26. The van der Waals surface area contributed by atoms with Gasteiger partial charge in [-0.15, -0.1) is 0 Å². The van der Waals surface area contributed by atoms with Gasteiger partial charge in [-0.05, 0) is 32.0 Å². The summed E-state index contributed by atoms with van der Waals surface area (Å²) in [5, 5.41) is 0. The van der Waals surface area contributed by atoms with Crippen molar-refractivity contribution in [3.05, 3.63) is 53.6 Å². The smallest absolute Gasteiger partial charge is 0.416 e. The number of carbonyl (C=O) groups is 3. The van der Waals surface area contributed by atoms with E-state index >= 15 is 0 Å². The van der Waals surface area contributed by atoms with E-state index in [0.717, 1.165) is 14.2 Å². The molecule has 1 aromatic carbocycles. The molecule has 0 unspecified atom stereocenters. The molecule has 0 aromatic heterocycles. The zero-order valence-electron chi connectivity index (χ0n) is 20.6. The van der Waals surface area contributed by atoms with Crippen LogP contribution in [0.15, 0.2) is 47.4 Å². The van der Waals surface area contributed by atoms with Crippen molar-refractivity contribution in [1.29, 1.82) is 0 Å². The Morgan fingerprint density at radius 2 is 1.18 bits per heavy atom. The summed E-state index contributed by atoms with van der Waals surface area (Å²) in [4.78, 5) is 35.9. The highest BCUT2D eigenvalue weighted by atomic mass is 32.2. The van der Waals surface area contributed by atoms with Crippen LogP contribution in [0.1, 0.15) is 37.8 Å². The SMILES string of the molecule is C=C(CC(CC(=C)C(=O)OC)(C(=O)OC(C)C)S(=O)(=O)c1cc(C(F)(F)F)cc(C(F)(F)F)c1)C(=O)OC. The molecule has 8 nitrogen and oxygen atoms in total. The van der Waals surface area contributed by atoms with Gasteiger partial charge in [0.1, 0.15) is 0 Å². The Hall–Kier alpha value is -3.36. The zero-order valence-corrected chi connectivity index (χ0v) is 21.4. The Labute approximate surface area is 214 Å². The maximum Gasteiger partial charge on any atom is 0.416 e. The summed E-state index contributed by atoms with van der Waals surface area (Å²) in [5.74, 6) is -4.22. The number of carbonyl (C=O) groups excluding carboxylic acids is 3. The summed E-state index contributed by atoms with van der Waals surface area (Å²) in [7, 11) is -3.92. The van der Waals surface area contributed by atoms with Crippen LogP contribution in [-0.2, 0) is 50.8 Å². The second-order valence-electron chi connectivity index (χ2n) is 8.24. The summed E-state index contributed by atoms with van der Waals surface area (Å²) in [6.45, 7) is 9.16. The Morgan fingerprint density at radius 3 is 1.47 bits per heavy atom. The molecule has 0 radical (unpaired) electrons. The van der Waals surface area contributed by atoms with Gasteiger partial charge in [-0.2, -0.15) is 26.3 Å². The predicted molar refractivity (Wildman–Crippen MR) is 119 cm³/mol. The lowest BCUT2D eigenvalue weighted by atomic mass is 9.92. The van der Waals surface area contributed by atoms with Gasteiger partial charge in [0.25, 0.3) is 0 Å². The first-order chi connectivity index (χ1) is 17.1. The second kappa shape index (κ2) is 11.6. The molecule has 0 fully saturated rings. The molecule has 0 saturated heterocycles. The van der Waals surface area contributed by atoms with E-state index in [2.05, 4.69) is 22.6 Å². The number of methoxy groups -OCH3 is 2. The average Bonchev–Trinajstić information content (AvgIpc) is 2.80. The topological polar surface area (TPSA) is 113 Å². The third-order valence-electron chi connectivity index (χ3n) is 5.05. The number of ether oxygens (including phenoxy) is 3. The number of alkyl halides is 6. The zero-order chi connectivity index (χ0) is 29.9. The molecule has 0 bridgehead atoms. The van der Waals surface area contributed by atoms with Gasteiger partial charge < -0.3 is 14.2 Å². The highest BCUT2D eigenvalue weighted by Gasteiger charge is 2.55. The van der Waals surface area contributed by atoms with E-state index in [-0.39, 0.29) is 18.2 Å². The van der Waals surface area contributed by atoms with Gasteiger partial charge in [-0.25, -0.2) is 18.0 Å². The van der Waals surface area contributed by atoms with Crippen LogP contribution in [0, 0.1) is 0 Å². The Balaban J connectivity index is 4.20. The van der Waals surface area contributed by atoms with E-state index in [0.29, 0.717) is 0 Å². The first kappa shape index (κ1) is 32.7. The summed E-state index contributed by atoms with van der Waals surface area (Å²) in [5.41, 5.74) is -5.43. The molecule has 0 aliphatic rings. The van der Waals surface area contributed by atoms with E-state index < -0.39 is 91.0 Å². The molecule has 38 heavy (non-hydrogen) atoms. The molecule has 0 atom stereocenters. The van der Waals surface area contributed by atoms with Gasteiger partial charge in [-0.3, -0.25) is 4.79 Å². The van der Waals surface area contributed by atoms with Crippen LogP contribution in [0.2, 0.25) is 0 Å². The normalized spacial score (nSPS) is 12.6. The Bertz CT molecular complexity index is 1170. The quantitative estimate of drug-likeness (QED) is 0.175. The second-order valence-corrected chi connectivity index (χ2v) is 10.5. The number of esters is 3. The van der Waals surface area contributed by atoms with Crippen LogP contribution in [0.3, 0.4) is 0 Å².